The van der Waals surface area contributed by atoms with Crippen molar-refractivity contribution in [3.8, 4) is 6.07 Å². The summed E-state index contributed by atoms with van der Waals surface area (Å²) in [5.74, 6) is 0.512. The van der Waals surface area contributed by atoms with E-state index in [1.807, 2.05) is 0 Å². The minimum atomic E-state index is 0.137. The van der Waals surface area contributed by atoms with Gasteiger partial charge < -0.3 is 5.32 Å². The number of nitrogens with zero attached hydrogens (tertiary/aromatic N) is 1. The molecule has 1 fully saturated rings. The van der Waals surface area contributed by atoms with Gasteiger partial charge in [0.1, 0.15) is 0 Å². The zero-order valence-electron chi connectivity index (χ0n) is 9.03. The fraction of sp³-hybridized carbons (Fsp3) is 0.462. The molecule has 0 spiro atoms. The first kappa shape index (κ1) is 10.2. The lowest BCUT2D eigenvalue weighted by molar-refractivity contribution is 0.646. The fourth-order valence-electron chi connectivity index (χ4n) is 2.17. The van der Waals surface area contributed by atoms with Crippen molar-refractivity contribution < 1.29 is 0 Å². The number of nitrogens with one attached hydrogen (secondary N) is 1. The van der Waals surface area contributed by atoms with Crippen molar-refractivity contribution in [3.63, 3.8) is 0 Å². The number of hydrogen-bond acceptors (Lipinski definition) is 2. The van der Waals surface area contributed by atoms with Crippen LogP contribution < -0.4 is 5.32 Å². The van der Waals surface area contributed by atoms with E-state index in [1.54, 1.807) is 0 Å². The van der Waals surface area contributed by atoms with Crippen LogP contribution in [0, 0.1) is 17.2 Å². The number of nitriles is 1. The molecule has 1 aliphatic rings. The van der Waals surface area contributed by atoms with Crippen LogP contribution in [0.2, 0.25) is 0 Å². The summed E-state index contributed by atoms with van der Waals surface area (Å²) in [5.41, 5.74) is 2.65. The maximum atomic E-state index is 9.01. The molecule has 1 heterocycles. The predicted molar refractivity (Wildman–Crippen MR) is 60.5 cm³/mol. The molecule has 1 aromatic carbocycles. The third-order valence-electron chi connectivity index (χ3n) is 3.20. The Morgan fingerprint density at radius 3 is 2.67 bits per heavy atom. The van der Waals surface area contributed by atoms with Gasteiger partial charge in [0.2, 0.25) is 0 Å². The molecule has 2 rings (SSSR count). The van der Waals surface area contributed by atoms with Crippen LogP contribution in [0.1, 0.15) is 24.0 Å². The van der Waals surface area contributed by atoms with Crippen molar-refractivity contribution in [1.82, 2.24) is 5.32 Å². The highest BCUT2D eigenvalue weighted by Crippen LogP contribution is 2.27. The van der Waals surface area contributed by atoms with Gasteiger partial charge in [-0.2, -0.15) is 5.26 Å². The molecule has 15 heavy (non-hydrogen) atoms. The van der Waals surface area contributed by atoms with Crippen molar-refractivity contribution in [3.05, 3.63) is 35.4 Å². The third kappa shape index (κ3) is 2.03. The van der Waals surface area contributed by atoms with Crippen LogP contribution in [0.3, 0.4) is 0 Å². The van der Waals surface area contributed by atoms with Gasteiger partial charge in [0.15, 0.2) is 0 Å². The van der Waals surface area contributed by atoms with E-state index in [2.05, 4.69) is 42.6 Å². The van der Waals surface area contributed by atoms with Crippen molar-refractivity contribution in [2.75, 3.05) is 13.1 Å². The summed E-state index contributed by atoms with van der Waals surface area (Å²) in [7, 11) is 0. The minimum absolute atomic E-state index is 0.137. The Bertz CT molecular complexity index is 361. The largest absolute Gasteiger partial charge is 0.315 e. The van der Waals surface area contributed by atoms with Crippen LogP contribution in [-0.4, -0.2) is 13.1 Å². The Labute approximate surface area is 90.9 Å². The topological polar surface area (TPSA) is 35.8 Å². The quantitative estimate of drug-likeness (QED) is 0.793. The van der Waals surface area contributed by atoms with Crippen molar-refractivity contribution >= 4 is 0 Å². The molecular weight excluding hydrogens is 184 g/mol. The SMILES string of the molecule is CCc1ccc([C@@H]2CNC[C@@H]2C#N)cc1. The van der Waals surface area contributed by atoms with E-state index in [9.17, 15) is 0 Å². The van der Waals surface area contributed by atoms with Gasteiger partial charge in [-0.1, -0.05) is 31.2 Å². The lowest BCUT2D eigenvalue weighted by Gasteiger charge is -2.12. The number of benzene rings is 1. The molecule has 1 N–H and O–H groups in total. The van der Waals surface area contributed by atoms with Gasteiger partial charge in [-0.3, -0.25) is 0 Å². The Kier molecular flexibility index (Phi) is 3.03. The highest BCUT2D eigenvalue weighted by atomic mass is 14.9. The lowest BCUT2D eigenvalue weighted by atomic mass is 9.89. The van der Waals surface area contributed by atoms with E-state index in [-0.39, 0.29) is 5.92 Å². The second-order valence-corrected chi connectivity index (χ2v) is 4.10. The third-order valence-corrected chi connectivity index (χ3v) is 3.20. The summed E-state index contributed by atoms with van der Waals surface area (Å²) in [6.07, 6.45) is 1.07. The molecular formula is C13H16N2. The zero-order valence-corrected chi connectivity index (χ0v) is 9.03. The molecule has 0 bridgehead atoms. The van der Waals surface area contributed by atoms with E-state index in [0.29, 0.717) is 5.92 Å². The summed E-state index contributed by atoms with van der Waals surface area (Å²) in [4.78, 5) is 0. The molecule has 0 radical (unpaired) electrons. The van der Waals surface area contributed by atoms with E-state index < -0.39 is 0 Å². The molecule has 1 aromatic rings. The van der Waals surface area contributed by atoms with E-state index in [1.165, 1.54) is 11.1 Å². The van der Waals surface area contributed by atoms with Gasteiger partial charge in [-0.05, 0) is 17.5 Å². The molecule has 0 amide bonds. The molecule has 2 nitrogen and oxygen atoms in total. The molecule has 1 aliphatic heterocycles. The van der Waals surface area contributed by atoms with Gasteiger partial charge in [-0.15, -0.1) is 0 Å². The fourth-order valence-corrected chi connectivity index (χ4v) is 2.17. The number of aryl methyl sites for hydroxylation is 1. The monoisotopic (exact) mass is 200 g/mol. The molecule has 0 aromatic heterocycles. The average molecular weight is 200 g/mol. The predicted octanol–water partition coefficient (Wildman–Crippen LogP) is 2.08. The minimum Gasteiger partial charge on any atom is -0.315 e. The first-order valence-electron chi connectivity index (χ1n) is 5.54. The van der Waals surface area contributed by atoms with Crippen molar-refractivity contribution in [1.29, 1.82) is 5.26 Å². The van der Waals surface area contributed by atoms with Crippen LogP contribution in [0.15, 0.2) is 24.3 Å². The number of rotatable bonds is 2. The molecule has 78 valence electrons. The first-order valence-corrected chi connectivity index (χ1v) is 5.54. The first-order chi connectivity index (χ1) is 7.35. The zero-order chi connectivity index (χ0) is 10.7. The van der Waals surface area contributed by atoms with Gasteiger partial charge in [0, 0.05) is 19.0 Å². The summed E-state index contributed by atoms with van der Waals surface area (Å²) in [6.45, 7) is 3.92. The summed E-state index contributed by atoms with van der Waals surface area (Å²) in [6, 6.07) is 11.1. The normalized spacial score (nSPS) is 25.1. The number of hydrogen-bond donors (Lipinski definition) is 1. The second-order valence-electron chi connectivity index (χ2n) is 4.10. The van der Waals surface area contributed by atoms with Gasteiger partial charge >= 0.3 is 0 Å². The molecule has 0 saturated carbocycles. The van der Waals surface area contributed by atoms with Crippen LogP contribution >= 0.6 is 0 Å². The Hall–Kier alpha value is -1.33. The van der Waals surface area contributed by atoms with E-state index in [0.717, 1.165) is 19.5 Å². The smallest absolute Gasteiger partial charge is 0.0676 e. The van der Waals surface area contributed by atoms with Crippen LogP contribution in [0.25, 0.3) is 0 Å². The summed E-state index contributed by atoms with van der Waals surface area (Å²) in [5, 5.41) is 12.3. The molecule has 0 unspecified atom stereocenters. The Morgan fingerprint density at radius 2 is 2.07 bits per heavy atom. The van der Waals surface area contributed by atoms with E-state index in [4.69, 9.17) is 5.26 Å². The van der Waals surface area contributed by atoms with Gasteiger partial charge in [0.25, 0.3) is 0 Å². The van der Waals surface area contributed by atoms with Gasteiger partial charge in [0.05, 0.1) is 12.0 Å². The van der Waals surface area contributed by atoms with Crippen LogP contribution in [-0.2, 0) is 6.42 Å². The maximum Gasteiger partial charge on any atom is 0.0676 e. The molecule has 2 atom stereocenters. The van der Waals surface area contributed by atoms with Crippen molar-refractivity contribution in [2.45, 2.75) is 19.3 Å². The van der Waals surface area contributed by atoms with Gasteiger partial charge in [-0.25, -0.2) is 0 Å². The summed E-state index contributed by atoms with van der Waals surface area (Å²) < 4.78 is 0. The highest BCUT2D eigenvalue weighted by molar-refractivity contribution is 5.28. The molecule has 2 heteroatoms. The second kappa shape index (κ2) is 4.46. The van der Waals surface area contributed by atoms with Crippen LogP contribution in [0.5, 0.6) is 0 Å². The highest BCUT2D eigenvalue weighted by Gasteiger charge is 2.27. The molecule has 0 aliphatic carbocycles. The van der Waals surface area contributed by atoms with Crippen molar-refractivity contribution in [2.24, 2.45) is 5.92 Å². The van der Waals surface area contributed by atoms with Crippen LogP contribution in [0.4, 0.5) is 0 Å². The van der Waals surface area contributed by atoms with E-state index >= 15 is 0 Å². The molecule has 1 saturated heterocycles. The maximum absolute atomic E-state index is 9.01. The standard InChI is InChI=1S/C13H16N2/c1-2-10-3-5-11(6-4-10)13-9-15-8-12(13)7-14/h3-6,12-13,15H,2,8-9H2,1H3/t12-,13-/m0/s1. The summed E-state index contributed by atoms with van der Waals surface area (Å²) >= 11 is 0. The Balaban J connectivity index is 2.19. The Morgan fingerprint density at radius 1 is 1.33 bits per heavy atom. The average Bonchev–Trinajstić information content (AvgIpc) is 2.77. The lowest BCUT2D eigenvalue weighted by Crippen LogP contribution is -2.08.